The van der Waals surface area contributed by atoms with Crippen molar-refractivity contribution in [2.45, 2.75) is 13.0 Å². The molecule has 0 radical (unpaired) electrons. The Morgan fingerprint density at radius 3 is 2.50 bits per heavy atom. The van der Waals surface area contributed by atoms with E-state index in [9.17, 15) is 14.9 Å². The van der Waals surface area contributed by atoms with E-state index in [-0.39, 0.29) is 28.9 Å². The number of rotatable bonds is 5. The van der Waals surface area contributed by atoms with Crippen LogP contribution < -0.4 is 10.1 Å². The molecule has 0 heterocycles. The third-order valence-electron chi connectivity index (χ3n) is 3.28. The zero-order valence-electron chi connectivity index (χ0n) is 12.3. The van der Waals surface area contributed by atoms with Gasteiger partial charge in [-0.2, -0.15) is 0 Å². The summed E-state index contributed by atoms with van der Waals surface area (Å²) in [6.07, 6.45) is 0. The summed E-state index contributed by atoms with van der Waals surface area (Å²) >= 11 is 0. The van der Waals surface area contributed by atoms with E-state index in [1.807, 2.05) is 37.3 Å². The van der Waals surface area contributed by atoms with Crippen molar-refractivity contribution >= 4 is 11.6 Å². The van der Waals surface area contributed by atoms with Gasteiger partial charge < -0.3 is 10.1 Å². The topological polar surface area (TPSA) is 81.5 Å². The maximum atomic E-state index is 12.2. The molecular formula is C16H16N2O4. The molecule has 114 valence electrons. The number of nitro benzene ring substituents is 1. The van der Waals surface area contributed by atoms with Crippen molar-refractivity contribution in [2.75, 3.05) is 7.11 Å². The first-order valence-corrected chi connectivity index (χ1v) is 6.71. The average molecular weight is 300 g/mol. The molecule has 2 aromatic carbocycles. The molecule has 0 aliphatic rings. The predicted molar refractivity (Wildman–Crippen MR) is 82.0 cm³/mol. The molecule has 0 aliphatic carbocycles. The number of carbonyl (C=O) groups is 1. The number of benzene rings is 2. The van der Waals surface area contributed by atoms with E-state index >= 15 is 0 Å². The summed E-state index contributed by atoms with van der Waals surface area (Å²) in [6.45, 7) is 1.85. The molecule has 1 N–H and O–H groups in total. The molecule has 2 aromatic rings. The molecule has 1 amide bonds. The number of nitro groups is 1. The number of nitrogens with zero attached hydrogens (tertiary/aromatic N) is 1. The third kappa shape index (κ3) is 3.41. The van der Waals surface area contributed by atoms with Crippen LogP contribution in [0.2, 0.25) is 0 Å². The van der Waals surface area contributed by atoms with Gasteiger partial charge in [-0.1, -0.05) is 30.3 Å². The van der Waals surface area contributed by atoms with Crippen LogP contribution in [0.1, 0.15) is 28.9 Å². The van der Waals surface area contributed by atoms with E-state index in [1.165, 1.54) is 25.3 Å². The van der Waals surface area contributed by atoms with Crippen molar-refractivity contribution in [2.24, 2.45) is 0 Å². The highest BCUT2D eigenvalue weighted by atomic mass is 16.6. The fraction of sp³-hybridized carbons (Fsp3) is 0.188. The number of hydrogen-bond donors (Lipinski definition) is 1. The summed E-state index contributed by atoms with van der Waals surface area (Å²) in [5.41, 5.74) is 0.941. The number of hydrogen-bond acceptors (Lipinski definition) is 4. The molecule has 1 atom stereocenters. The second-order valence-corrected chi connectivity index (χ2v) is 4.75. The van der Waals surface area contributed by atoms with E-state index in [1.54, 1.807) is 0 Å². The van der Waals surface area contributed by atoms with Gasteiger partial charge in [0.1, 0.15) is 0 Å². The molecule has 0 bridgehead atoms. The van der Waals surface area contributed by atoms with Crippen LogP contribution in [0.3, 0.4) is 0 Å². The van der Waals surface area contributed by atoms with Crippen LogP contribution >= 0.6 is 0 Å². The summed E-state index contributed by atoms with van der Waals surface area (Å²) in [6, 6.07) is 13.4. The molecule has 0 aromatic heterocycles. The Kier molecular flexibility index (Phi) is 4.73. The second-order valence-electron chi connectivity index (χ2n) is 4.75. The van der Waals surface area contributed by atoms with Gasteiger partial charge in [-0.25, -0.2) is 0 Å². The highest BCUT2D eigenvalue weighted by molar-refractivity contribution is 5.95. The largest absolute Gasteiger partial charge is 0.490 e. The van der Waals surface area contributed by atoms with Crippen LogP contribution in [0.15, 0.2) is 48.5 Å². The van der Waals surface area contributed by atoms with E-state index in [2.05, 4.69) is 5.32 Å². The lowest BCUT2D eigenvalue weighted by Crippen LogP contribution is -2.26. The van der Waals surface area contributed by atoms with Crippen LogP contribution in [-0.2, 0) is 0 Å². The smallest absolute Gasteiger partial charge is 0.311 e. The Morgan fingerprint density at radius 1 is 1.23 bits per heavy atom. The molecule has 2 rings (SSSR count). The first kappa shape index (κ1) is 15.5. The fourth-order valence-corrected chi connectivity index (χ4v) is 2.08. The summed E-state index contributed by atoms with van der Waals surface area (Å²) < 4.78 is 4.92. The van der Waals surface area contributed by atoms with Gasteiger partial charge >= 0.3 is 5.69 Å². The fourth-order valence-electron chi connectivity index (χ4n) is 2.08. The molecule has 0 saturated heterocycles. The highest BCUT2D eigenvalue weighted by Gasteiger charge is 2.19. The minimum Gasteiger partial charge on any atom is -0.490 e. The monoisotopic (exact) mass is 300 g/mol. The number of methoxy groups -OCH3 is 1. The molecule has 22 heavy (non-hydrogen) atoms. The van der Waals surface area contributed by atoms with Gasteiger partial charge in [-0.3, -0.25) is 14.9 Å². The number of carbonyl (C=O) groups excluding carboxylic acids is 1. The predicted octanol–water partition coefficient (Wildman–Crippen LogP) is 3.09. The molecule has 0 aliphatic heterocycles. The van der Waals surface area contributed by atoms with Gasteiger partial charge in [-0.05, 0) is 24.6 Å². The number of amides is 1. The lowest BCUT2D eigenvalue weighted by atomic mass is 10.1. The van der Waals surface area contributed by atoms with Crippen LogP contribution in [-0.4, -0.2) is 17.9 Å². The Bertz CT molecular complexity index is 686. The minimum atomic E-state index is -0.573. The molecular weight excluding hydrogens is 284 g/mol. The zero-order chi connectivity index (χ0) is 16.1. The Hall–Kier alpha value is -2.89. The quantitative estimate of drug-likeness (QED) is 0.679. The molecule has 6 nitrogen and oxygen atoms in total. The minimum absolute atomic E-state index is 0.123. The van der Waals surface area contributed by atoms with E-state index in [0.717, 1.165) is 5.56 Å². The maximum absolute atomic E-state index is 12.2. The van der Waals surface area contributed by atoms with E-state index in [4.69, 9.17) is 4.74 Å². The highest BCUT2D eigenvalue weighted by Crippen LogP contribution is 2.27. The van der Waals surface area contributed by atoms with Crippen molar-refractivity contribution in [1.29, 1.82) is 0 Å². The van der Waals surface area contributed by atoms with Gasteiger partial charge in [0.15, 0.2) is 5.75 Å². The van der Waals surface area contributed by atoms with Crippen molar-refractivity contribution in [3.05, 3.63) is 69.8 Å². The van der Waals surface area contributed by atoms with E-state index < -0.39 is 4.92 Å². The lowest BCUT2D eigenvalue weighted by molar-refractivity contribution is -0.385. The second kappa shape index (κ2) is 6.71. The molecule has 6 heteroatoms. The van der Waals surface area contributed by atoms with Gasteiger partial charge in [0.2, 0.25) is 0 Å². The molecule has 0 spiro atoms. The van der Waals surface area contributed by atoms with Crippen LogP contribution in [0, 0.1) is 10.1 Å². The van der Waals surface area contributed by atoms with Crippen LogP contribution in [0.4, 0.5) is 5.69 Å². The Balaban J connectivity index is 2.19. The Morgan fingerprint density at radius 2 is 1.91 bits per heavy atom. The average Bonchev–Trinajstić information content (AvgIpc) is 2.54. The van der Waals surface area contributed by atoms with Gasteiger partial charge in [-0.15, -0.1) is 0 Å². The molecule has 0 fully saturated rings. The van der Waals surface area contributed by atoms with Gasteiger partial charge in [0.25, 0.3) is 5.91 Å². The normalized spacial score (nSPS) is 11.5. The lowest BCUT2D eigenvalue weighted by Gasteiger charge is -2.14. The first-order valence-electron chi connectivity index (χ1n) is 6.71. The summed E-state index contributed by atoms with van der Waals surface area (Å²) in [5.74, 6) is -0.250. The Labute approximate surface area is 127 Å². The number of ether oxygens (including phenoxy) is 1. The SMILES string of the molecule is COc1ccc(C(=O)N[C@H](C)c2ccccc2)cc1[N+](=O)[O-]. The summed E-state index contributed by atoms with van der Waals surface area (Å²) in [7, 11) is 1.35. The summed E-state index contributed by atoms with van der Waals surface area (Å²) in [4.78, 5) is 22.6. The maximum Gasteiger partial charge on any atom is 0.311 e. The zero-order valence-corrected chi connectivity index (χ0v) is 12.3. The van der Waals surface area contributed by atoms with Crippen LogP contribution in [0.25, 0.3) is 0 Å². The number of nitrogens with one attached hydrogen (secondary N) is 1. The first-order chi connectivity index (χ1) is 10.5. The molecule has 0 saturated carbocycles. The third-order valence-corrected chi connectivity index (χ3v) is 3.28. The van der Waals surface area contributed by atoms with Crippen LogP contribution in [0.5, 0.6) is 5.75 Å². The van der Waals surface area contributed by atoms with E-state index in [0.29, 0.717) is 0 Å². The standard InChI is InChI=1S/C16H16N2O4/c1-11(12-6-4-3-5-7-12)17-16(19)13-8-9-15(22-2)14(10-13)18(20)21/h3-11H,1-2H3,(H,17,19)/t11-/m1/s1. The summed E-state index contributed by atoms with van der Waals surface area (Å²) in [5, 5.41) is 13.8. The van der Waals surface area contributed by atoms with Crippen molar-refractivity contribution in [3.8, 4) is 5.75 Å². The van der Waals surface area contributed by atoms with Gasteiger partial charge in [0, 0.05) is 11.6 Å². The molecule has 0 unspecified atom stereocenters. The van der Waals surface area contributed by atoms with Crippen molar-refractivity contribution < 1.29 is 14.5 Å². The van der Waals surface area contributed by atoms with Crippen molar-refractivity contribution in [3.63, 3.8) is 0 Å². The van der Waals surface area contributed by atoms with Crippen molar-refractivity contribution in [1.82, 2.24) is 5.32 Å². The van der Waals surface area contributed by atoms with Gasteiger partial charge in [0.05, 0.1) is 18.1 Å².